The molecule has 0 aliphatic rings. The van der Waals surface area contributed by atoms with Gasteiger partial charge in [-0.25, -0.2) is 0 Å². The minimum atomic E-state index is 0.568. The number of rotatable bonds is 8. The highest BCUT2D eigenvalue weighted by atomic mass is 35.5. The third-order valence-electron chi connectivity index (χ3n) is 3.11. The van der Waals surface area contributed by atoms with E-state index in [1.807, 2.05) is 18.2 Å². The van der Waals surface area contributed by atoms with E-state index in [-0.39, 0.29) is 0 Å². The van der Waals surface area contributed by atoms with Crippen molar-refractivity contribution in [3.8, 4) is 6.07 Å². The predicted molar refractivity (Wildman–Crippen MR) is 78.0 cm³/mol. The van der Waals surface area contributed by atoms with Crippen molar-refractivity contribution in [2.75, 3.05) is 23.9 Å². The molecule has 3 heteroatoms. The second-order valence-electron chi connectivity index (χ2n) is 4.60. The normalized spacial score (nSPS) is 11.8. The predicted octanol–water partition coefficient (Wildman–Crippen LogP) is 4.06. The van der Waals surface area contributed by atoms with E-state index in [0.29, 0.717) is 12.3 Å². The van der Waals surface area contributed by atoms with E-state index in [4.69, 9.17) is 16.9 Å². The van der Waals surface area contributed by atoms with Crippen molar-refractivity contribution in [3.63, 3.8) is 0 Å². The van der Waals surface area contributed by atoms with Gasteiger partial charge in [-0.15, -0.1) is 11.6 Å². The zero-order valence-corrected chi connectivity index (χ0v) is 11.7. The molecule has 0 bridgehead atoms. The van der Waals surface area contributed by atoms with Crippen LogP contribution in [0.25, 0.3) is 0 Å². The molecule has 0 saturated carbocycles. The van der Waals surface area contributed by atoms with E-state index in [1.165, 1.54) is 5.69 Å². The van der Waals surface area contributed by atoms with Gasteiger partial charge in [0.1, 0.15) is 0 Å². The fourth-order valence-electron chi connectivity index (χ4n) is 1.90. The van der Waals surface area contributed by atoms with Gasteiger partial charge in [-0.1, -0.05) is 25.1 Å². The van der Waals surface area contributed by atoms with Crippen LogP contribution in [0.15, 0.2) is 30.3 Å². The molecule has 2 nitrogen and oxygen atoms in total. The summed E-state index contributed by atoms with van der Waals surface area (Å²) in [6.07, 6.45) is 2.74. The molecule has 0 aliphatic carbocycles. The SMILES string of the molecule is CC(CCCl)CCN(CCC#N)c1ccccc1. The Balaban J connectivity index is 2.54. The largest absolute Gasteiger partial charge is 0.370 e. The molecule has 0 saturated heterocycles. The Labute approximate surface area is 115 Å². The average Bonchev–Trinajstić information content (AvgIpc) is 2.40. The van der Waals surface area contributed by atoms with E-state index in [0.717, 1.165) is 31.8 Å². The Morgan fingerprint density at radius 3 is 2.56 bits per heavy atom. The molecular formula is C15H21ClN2. The molecule has 98 valence electrons. The van der Waals surface area contributed by atoms with Crippen molar-refractivity contribution < 1.29 is 0 Å². The summed E-state index contributed by atoms with van der Waals surface area (Å²) >= 11 is 5.76. The van der Waals surface area contributed by atoms with Crippen LogP contribution in [0.4, 0.5) is 5.69 Å². The van der Waals surface area contributed by atoms with Crippen LogP contribution in [0.5, 0.6) is 0 Å². The molecule has 1 rings (SSSR count). The Hall–Kier alpha value is -1.20. The molecule has 18 heavy (non-hydrogen) atoms. The van der Waals surface area contributed by atoms with E-state index in [2.05, 4.69) is 30.0 Å². The van der Waals surface area contributed by atoms with Crippen LogP contribution in [0.3, 0.4) is 0 Å². The summed E-state index contributed by atoms with van der Waals surface area (Å²) in [7, 11) is 0. The van der Waals surface area contributed by atoms with Crippen LogP contribution < -0.4 is 4.90 Å². The quantitative estimate of drug-likeness (QED) is 0.662. The van der Waals surface area contributed by atoms with Crippen molar-refractivity contribution >= 4 is 17.3 Å². The lowest BCUT2D eigenvalue weighted by Gasteiger charge is -2.25. The highest BCUT2D eigenvalue weighted by Crippen LogP contribution is 2.17. The number of alkyl halides is 1. The lowest BCUT2D eigenvalue weighted by Crippen LogP contribution is -2.26. The molecule has 0 spiro atoms. The van der Waals surface area contributed by atoms with Crippen molar-refractivity contribution in [2.24, 2.45) is 5.92 Å². The fourth-order valence-corrected chi connectivity index (χ4v) is 2.27. The highest BCUT2D eigenvalue weighted by Gasteiger charge is 2.08. The Bertz CT molecular complexity index is 359. The number of hydrogen-bond acceptors (Lipinski definition) is 2. The van der Waals surface area contributed by atoms with Gasteiger partial charge in [0, 0.05) is 24.7 Å². The molecule has 0 aliphatic heterocycles. The molecule has 1 aromatic carbocycles. The number of nitrogens with zero attached hydrogens (tertiary/aromatic N) is 2. The molecular weight excluding hydrogens is 244 g/mol. The first-order valence-electron chi connectivity index (χ1n) is 6.51. The Morgan fingerprint density at radius 1 is 1.22 bits per heavy atom. The van der Waals surface area contributed by atoms with Gasteiger partial charge in [-0.3, -0.25) is 0 Å². The van der Waals surface area contributed by atoms with Gasteiger partial charge in [0.25, 0.3) is 0 Å². The van der Waals surface area contributed by atoms with Crippen LogP contribution in [0, 0.1) is 17.2 Å². The van der Waals surface area contributed by atoms with Crippen molar-refractivity contribution in [2.45, 2.75) is 26.2 Å². The number of nitriles is 1. The molecule has 1 atom stereocenters. The zero-order chi connectivity index (χ0) is 13.2. The number of benzene rings is 1. The monoisotopic (exact) mass is 264 g/mol. The fraction of sp³-hybridized carbons (Fsp3) is 0.533. The second-order valence-corrected chi connectivity index (χ2v) is 4.98. The minimum Gasteiger partial charge on any atom is -0.370 e. The van der Waals surface area contributed by atoms with E-state index < -0.39 is 0 Å². The molecule has 0 N–H and O–H groups in total. The van der Waals surface area contributed by atoms with Gasteiger partial charge in [0.05, 0.1) is 12.5 Å². The molecule has 1 aromatic rings. The van der Waals surface area contributed by atoms with Crippen LogP contribution in [0.2, 0.25) is 0 Å². The van der Waals surface area contributed by atoms with Crippen molar-refractivity contribution in [1.29, 1.82) is 5.26 Å². The van der Waals surface area contributed by atoms with Crippen LogP contribution in [0.1, 0.15) is 26.2 Å². The lowest BCUT2D eigenvalue weighted by molar-refractivity contribution is 0.514. The van der Waals surface area contributed by atoms with E-state index in [1.54, 1.807) is 0 Å². The third kappa shape index (κ3) is 5.42. The van der Waals surface area contributed by atoms with Gasteiger partial charge in [-0.2, -0.15) is 5.26 Å². The summed E-state index contributed by atoms with van der Waals surface area (Å²) in [5.41, 5.74) is 1.20. The summed E-state index contributed by atoms with van der Waals surface area (Å²) < 4.78 is 0. The summed E-state index contributed by atoms with van der Waals surface area (Å²) in [5, 5.41) is 8.73. The number of para-hydroxylation sites is 1. The van der Waals surface area contributed by atoms with Crippen LogP contribution >= 0.6 is 11.6 Å². The molecule has 1 unspecified atom stereocenters. The topological polar surface area (TPSA) is 27.0 Å². The zero-order valence-electron chi connectivity index (χ0n) is 11.0. The summed E-state index contributed by atoms with van der Waals surface area (Å²) in [5.74, 6) is 1.36. The van der Waals surface area contributed by atoms with Crippen molar-refractivity contribution in [3.05, 3.63) is 30.3 Å². The van der Waals surface area contributed by atoms with Crippen LogP contribution in [-0.4, -0.2) is 19.0 Å². The molecule has 0 heterocycles. The van der Waals surface area contributed by atoms with E-state index >= 15 is 0 Å². The molecule has 0 radical (unpaired) electrons. The maximum absolute atomic E-state index is 8.73. The van der Waals surface area contributed by atoms with Crippen molar-refractivity contribution in [1.82, 2.24) is 0 Å². The summed E-state index contributed by atoms with van der Waals surface area (Å²) in [4.78, 5) is 2.29. The van der Waals surface area contributed by atoms with Gasteiger partial charge in [-0.05, 0) is 30.9 Å². The first-order chi connectivity index (χ1) is 8.77. The standard InChI is InChI=1S/C15H21ClN2/c1-14(8-10-16)9-13-18(12-5-11-17)15-6-3-2-4-7-15/h2-4,6-7,14H,5,8-10,12-13H2,1H3. The van der Waals surface area contributed by atoms with Gasteiger partial charge >= 0.3 is 0 Å². The first kappa shape index (κ1) is 14.9. The molecule has 0 aromatic heterocycles. The maximum Gasteiger partial charge on any atom is 0.0640 e. The highest BCUT2D eigenvalue weighted by molar-refractivity contribution is 6.17. The summed E-state index contributed by atoms with van der Waals surface area (Å²) in [6, 6.07) is 12.5. The lowest BCUT2D eigenvalue weighted by atomic mass is 10.0. The second kappa shape index (κ2) is 8.83. The minimum absolute atomic E-state index is 0.568. The summed E-state index contributed by atoms with van der Waals surface area (Å²) in [6.45, 7) is 4.02. The third-order valence-corrected chi connectivity index (χ3v) is 3.33. The van der Waals surface area contributed by atoms with Gasteiger partial charge in [0.15, 0.2) is 0 Å². The van der Waals surface area contributed by atoms with E-state index in [9.17, 15) is 0 Å². The van der Waals surface area contributed by atoms with Crippen LogP contribution in [-0.2, 0) is 0 Å². The molecule has 0 amide bonds. The number of halogens is 1. The maximum atomic E-state index is 8.73. The Morgan fingerprint density at radius 2 is 1.94 bits per heavy atom. The average molecular weight is 265 g/mol. The molecule has 0 fully saturated rings. The Kier molecular flexibility index (Phi) is 7.29. The van der Waals surface area contributed by atoms with Gasteiger partial charge < -0.3 is 4.90 Å². The smallest absolute Gasteiger partial charge is 0.0640 e. The number of hydrogen-bond donors (Lipinski definition) is 0. The first-order valence-corrected chi connectivity index (χ1v) is 7.04. The number of anilines is 1. The van der Waals surface area contributed by atoms with Gasteiger partial charge in [0.2, 0.25) is 0 Å².